The first-order chi connectivity index (χ1) is 18.7. The molecule has 3 aromatic rings. The summed E-state index contributed by atoms with van der Waals surface area (Å²) in [4.78, 5) is 23.1. The molecular formula is C29H38N4O4S2. The van der Waals surface area contributed by atoms with Gasteiger partial charge in [0.05, 0.1) is 28.3 Å². The maximum Gasteiger partial charge on any atom is 0.260 e. The number of carbonyl (C=O) groups is 1. The van der Waals surface area contributed by atoms with Gasteiger partial charge in [0.1, 0.15) is 0 Å². The zero-order valence-corrected chi connectivity index (χ0v) is 24.7. The van der Waals surface area contributed by atoms with Gasteiger partial charge in [-0.25, -0.2) is 13.4 Å². The van der Waals surface area contributed by atoms with Crippen molar-refractivity contribution in [3.05, 3.63) is 53.1 Å². The van der Waals surface area contributed by atoms with Crippen LogP contribution in [-0.2, 0) is 14.8 Å². The average molecular weight is 571 g/mol. The Morgan fingerprint density at radius 2 is 1.79 bits per heavy atom. The number of morpholine rings is 1. The zero-order valence-electron chi connectivity index (χ0n) is 23.1. The molecular weight excluding hydrogens is 532 g/mol. The minimum atomic E-state index is -3.58. The fourth-order valence-electron chi connectivity index (χ4n) is 5.36. The molecule has 5 rings (SSSR count). The molecule has 0 radical (unpaired) electrons. The molecule has 8 nitrogen and oxygen atoms in total. The topological polar surface area (TPSA) is 83.0 Å². The molecule has 1 aromatic heterocycles. The van der Waals surface area contributed by atoms with E-state index in [1.165, 1.54) is 11.3 Å². The number of hydrogen-bond donors (Lipinski definition) is 0. The minimum Gasteiger partial charge on any atom is -0.379 e. The second-order valence-corrected chi connectivity index (χ2v) is 13.7. The molecule has 0 aliphatic carbocycles. The number of thiazole rings is 1. The van der Waals surface area contributed by atoms with Crippen LogP contribution in [0.3, 0.4) is 0 Å². The van der Waals surface area contributed by atoms with E-state index in [0.717, 1.165) is 73.5 Å². The molecule has 1 unspecified atom stereocenters. The number of amides is 1. The van der Waals surface area contributed by atoms with Crippen molar-refractivity contribution in [2.45, 2.75) is 44.9 Å². The van der Waals surface area contributed by atoms with E-state index < -0.39 is 10.0 Å². The molecule has 1 amide bonds. The number of benzene rings is 2. The summed E-state index contributed by atoms with van der Waals surface area (Å²) in [5.74, 6) is 0.184. The number of sulfonamides is 1. The summed E-state index contributed by atoms with van der Waals surface area (Å²) < 4.78 is 34.6. The molecule has 3 heterocycles. The van der Waals surface area contributed by atoms with Gasteiger partial charge in [0.15, 0.2) is 5.13 Å². The number of aromatic nitrogens is 1. The highest BCUT2D eigenvalue weighted by Gasteiger charge is 2.29. The molecule has 2 aliphatic heterocycles. The van der Waals surface area contributed by atoms with Gasteiger partial charge >= 0.3 is 0 Å². The maximum absolute atomic E-state index is 13.9. The summed E-state index contributed by atoms with van der Waals surface area (Å²) >= 11 is 1.54. The van der Waals surface area contributed by atoms with E-state index in [0.29, 0.717) is 36.2 Å². The van der Waals surface area contributed by atoms with Crippen LogP contribution in [0.5, 0.6) is 0 Å². The summed E-state index contributed by atoms with van der Waals surface area (Å²) in [7, 11) is -3.58. The highest BCUT2D eigenvalue weighted by Crippen LogP contribution is 2.34. The Hall–Kier alpha value is -2.37. The van der Waals surface area contributed by atoms with Crippen LogP contribution < -0.4 is 4.90 Å². The molecule has 0 saturated carbocycles. The molecule has 1 atom stereocenters. The van der Waals surface area contributed by atoms with Crippen molar-refractivity contribution in [3.8, 4) is 0 Å². The van der Waals surface area contributed by atoms with Crippen LogP contribution in [0.1, 0.15) is 47.7 Å². The maximum atomic E-state index is 13.9. The Morgan fingerprint density at radius 1 is 1.08 bits per heavy atom. The van der Waals surface area contributed by atoms with Gasteiger partial charge in [-0.15, -0.1) is 0 Å². The predicted octanol–water partition coefficient (Wildman–Crippen LogP) is 4.70. The van der Waals surface area contributed by atoms with Gasteiger partial charge in [0, 0.05) is 44.8 Å². The van der Waals surface area contributed by atoms with Gasteiger partial charge in [-0.1, -0.05) is 30.4 Å². The average Bonchev–Trinajstić information content (AvgIpc) is 3.40. The van der Waals surface area contributed by atoms with Crippen LogP contribution in [0.2, 0.25) is 0 Å². The summed E-state index contributed by atoms with van der Waals surface area (Å²) in [5.41, 5.74) is 3.61. The number of ether oxygens (including phenoxy) is 1. The van der Waals surface area contributed by atoms with Gasteiger partial charge in [-0.3, -0.25) is 14.6 Å². The van der Waals surface area contributed by atoms with Crippen LogP contribution in [0.15, 0.2) is 41.3 Å². The molecule has 2 saturated heterocycles. The molecule has 2 fully saturated rings. The lowest BCUT2D eigenvalue weighted by Crippen LogP contribution is -2.39. The van der Waals surface area contributed by atoms with Crippen LogP contribution in [0, 0.1) is 19.8 Å². The number of carbonyl (C=O) groups excluding carboxylic acids is 1. The second-order valence-electron chi connectivity index (χ2n) is 10.8. The van der Waals surface area contributed by atoms with E-state index in [2.05, 4.69) is 30.9 Å². The molecule has 39 heavy (non-hydrogen) atoms. The second kappa shape index (κ2) is 12.0. The van der Waals surface area contributed by atoms with Crippen molar-refractivity contribution >= 4 is 42.6 Å². The number of nitrogens with zero attached hydrogens (tertiary/aromatic N) is 4. The number of anilines is 1. The highest BCUT2D eigenvalue weighted by atomic mass is 32.2. The number of rotatable bonds is 8. The van der Waals surface area contributed by atoms with E-state index >= 15 is 0 Å². The molecule has 210 valence electrons. The van der Waals surface area contributed by atoms with E-state index in [4.69, 9.17) is 9.72 Å². The fourth-order valence-corrected chi connectivity index (χ4v) is 8.10. The van der Waals surface area contributed by atoms with Crippen LogP contribution in [-0.4, -0.2) is 81.0 Å². The number of fused-ring (bicyclic) bond motifs is 1. The Morgan fingerprint density at radius 3 is 2.49 bits per heavy atom. The molecule has 2 aliphatic rings. The molecule has 0 bridgehead atoms. The Labute approximate surface area is 235 Å². The monoisotopic (exact) mass is 570 g/mol. The standard InChI is InChI=1S/C29H38N4O4S2/c1-21-6-4-14-32(20-21)39(35,36)25-11-9-24(10-12-25)28(34)33(15-5-13-31-16-18-37-19-17-31)29-30-26-22(2)7-8-23(3)27(26)38-29/h7-12,21H,4-6,13-20H2,1-3H3. The van der Waals surface area contributed by atoms with Crippen molar-refractivity contribution in [1.29, 1.82) is 0 Å². The molecule has 0 spiro atoms. The van der Waals surface area contributed by atoms with E-state index in [-0.39, 0.29) is 10.8 Å². The van der Waals surface area contributed by atoms with E-state index in [1.807, 2.05) is 6.92 Å². The lowest BCUT2D eigenvalue weighted by atomic mass is 10.0. The summed E-state index contributed by atoms with van der Waals surface area (Å²) in [5, 5.41) is 0.674. The Kier molecular flexibility index (Phi) is 8.68. The van der Waals surface area contributed by atoms with Crippen LogP contribution >= 0.6 is 11.3 Å². The summed E-state index contributed by atoms with van der Waals surface area (Å²) in [6.45, 7) is 12.0. The molecule has 2 aromatic carbocycles. The first-order valence-corrected chi connectivity index (χ1v) is 16.1. The zero-order chi connectivity index (χ0) is 27.6. The quantitative estimate of drug-likeness (QED) is 0.390. The summed E-state index contributed by atoms with van der Waals surface area (Å²) in [6.07, 6.45) is 2.72. The van der Waals surface area contributed by atoms with Crippen LogP contribution in [0.25, 0.3) is 10.2 Å². The Balaban J connectivity index is 1.39. The van der Waals surface area contributed by atoms with Crippen molar-refractivity contribution < 1.29 is 17.9 Å². The molecule has 10 heteroatoms. The summed E-state index contributed by atoms with van der Waals surface area (Å²) in [6, 6.07) is 10.6. The van der Waals surface area contributed by atoms with Gasteiger partial charge in [0.25, 0.3) is 5.91 Å². The number of aryl methyl sites for hydroxylation is 2. The SMILES string of the molecule is Cc1ccc(C)c2sc(N(CCCN3CCOCC3)C(=O)c3ccc(S(=O)(=O)N4CCCC(C)C4)cc3)nc12. The van der Waals surface area contributed by atoms with Gasteiger partial charge in [-0.05, 0) is 74.4 Å². The molecule has 0 N–H and O–H groups in total. The third-order valence-electron chi connectivity index (χ3n) is 7.73. The van der Waals surface area contributed by atoms with Gasteiger partial charge in [0.2, 0.25) is 10.0 Å². The van der Waals surface area contributed by atoms with E-state index in [1.54, 1.807) is 33.5 Å². The largest absolute Gasteiger partial charge is 0.379 e. The minimum absolute atomic E-state index is 0.165. The lowest BCUT2D eigenvalue weighted by Gasteiger charge is -2.30. The van der Waals surface area contributed by atoms with Crippen molar-refractivity contribution in [1.82, 2.24) is 14.2 Å². The smallest absolute Gasteiger partial charge is 0.260 e. The number of hydrogen-bond acceptors (Lipinski definition) is 7. The third kappa shape index (κ3) is 6.20. The van der Waals surface area contributed by atoms with Gasteiger partial charge in [-0.2, -0.15) is 4.31 Å². The third-order valence-corrected chi connectivity index (χ3v) is 10.8. The van der Waals surface area contributed by atoms with E-state index in [9.17, 15) is 13.2 Å². The first-order valence-electron chi connectivity index (χ1n) is 13.8. The predicted molar refractivity (Wildman–Crippen MR) is 156 cm³/mol. The van der Waals surface area contributed by atoms with Crippen molar-refractivity contribution in [2.75, 3.05) is 57.4 Å². The Bertz CT molecular complexity index is 1380. The van der Waals surface area contributed by atoms with Gasteiger partial charge < -0.3 is 4.74 Å². The fraction of sp³-hybridized carbons (Fsp3) is 0.517. The first kappa shape index (κ1) is 28.2. The lowest BCUT2D eigenvalue weighted by molar-refractivity contribution is 0.0376. The normalized spacial score (nSPS) is 19.4. The highest BCUT2D eigenvalue weighted by molar-refractivity contribution is 7.89. The van der Waals surface area contributed by atoms with Crippen molar-refractivity contribution in [3.63, 3.8) is 0 Å². The number of piperidine rings is 1. The van der Waals surface area contributed by atoms with Crippen molar-refractivity contribution in [2.24, 2.45) is 5.92 Å². The van der Waals surface area contributed by atoms with Crippen LogP contribution in [0.4, 0.5) is 5.13 Å².